The van der Waals surface area contributed by atoms with Gasteiger partial charge < -0.3 is 15.2 Å². The highest BCUT2D eigenvalue weighted by molar-refractivity contribution is 5.84. The van der Waals surface area contributed by atoms with Gasteiger partial charge in [-0.15, -0.1) is 0 Å². The van der Waals surface area contributed by atoms with Crippen LogP contribution in [0.2, 0.25) is 0 Å². The molecule has 0 radical (unpaired) electrons. The predicted octanol–water partition coefficient (Wildman–Crippen LogP) is 9.26. The first-order chi connectivity index (χ1) is 21.5. The lowest BCUT2D eigenvalue weighted by molar-refractivity contribution is -0.213. The molecular formula is C40H65NO5. The van der Waals surface area contributed by atoms with Gasteiger partial charge in [0.25, 0.3) is 0 Å². The maximum Gasteiger partial charge on any atom is 0.306 e. The van der Waals surface area contributed by atoms with Crippen molar-refractivity contribution in [2.24, 2.45) is 50.2 Å². The van der Waals surface area contributed by atoms with E-state index in [9.17, 15) is 14.4 Å². The maximum atomic E-state index is 14.2. The number of aliphatic carboxylic acids is 1. The molecule has 4 fully saturated rings. The van der Waals surface area contributed by atoms with Crippen LogP contribution in [-0.2, 0) is 19.1 Å². The Labute approximate surface area is 279 Å². The van der Waals surface area contributed by atoms with Gasteiger partial charge in [-0.25, -0.2) is 0 Å². The predicted molar refractivity (Wildman–Crippen MR) is 183 cm³/mol. The number of carboxylic acid groups (broad SMARTS) is 1. The van der Waals surface area contributed by atoms with E-state index in [1.165, 1.54) is 12.8 Å². The molecule has 1 amide bonds. The minimum atomic E-state index is -0.746. The monoisotopic (exact) mass is 639 g/mol. The van der Waals surface area contributed by atoms with Crippen LogP contribution in [0.4, 0.5) is 0 Å². The van der Waals surface area contributed by atoms with Crippen molar-refractivity contribution in [3.63, 3.8) is 0 Å². The number of fused-ring (bicyclic) bond motifs is 7. The summed E-state index contributed by atoms with van der Waals surface area (Å²) in [5.41, 5.74) is 1.83. The van der Waals surface area contributed by atoms with Gasteiger partial charge in [-0.2, -0.15) is 0 Å². The van der Waals surface area contributed by atoms with Crippen LogP contribution in [0.15, 0.2) is 11.6 Å². The van der Waals surface area contributed by atoms with Crippen LogP contribution < -0.4 is 5.32 Å². The van der Waals surface area contributed by atoms with Crippen molar-refractivity contribution in [2.45, 2.75) is 164 Å². The Morgan fingerprint density at radius 3 is 2.28 bits per heavy atom. The summed E-state index contributed by atoms with van der Waals surface area (Å²) in [5, 5.41) is 12.3. The topological polar surface area (TPSA) is 92.7 Å². The average Bonchev–Trinajstić information content (AvgIpc) is 2.96. The molecule has 0 aromatic rings. The summed E-state index contributed by atoms with van der Waals surface area (Å²) in [6.45, 7) is 20.0. The number of hydrogen-bond acceptors (Lipinski definition) is 4. The lowest BCUT2D eigenvalue weighted by Crippen LogP contribution is -2.65. The average molecular weight is 640 g/mol. The van der Waals surface area contributed by atoms with E-state index in [-0.39, 0.29) is 62.8 Å². The fourth-order valence-corrected chi connectivity index (χ4v) is 12.2. The zero-order valence-corrected chi connectivity index (χ0v) is 30.5. The molecule has 0 aromatic heterocycles. The summed E-state index contributed by atoms with van der Waals surface area (Å²) >= 11 is 0. The Balaban J connectivity index is 1.40. The number of amides is 1. The third-order valence-corrected chi connectivity index (χ3v) is 15.1. The molecule has 4 saturated carbocycles. The third kappa shape index (κ3) is 5.78. The number of ether oxygens (including phenoxy) is 1. The van der Waals surface area contributed by atoms with Crippen molar-refractivity contribution in [1.82, 2.24) is 5.32 Å². The van der Waals surface area contributed by atoms with Crippen LogP contribution in [0.3, 0.4) is 0 Å². The molecular weight excluding hydrogens is 574 g/mol. The first-order valence-corrected chi connectivity index (χ1v) is 18.9. The Morgan fingerprint density at radius 1 is 0.870 bits per heavy atom. The molecule has 0 saturated heterocycles. The number of carbonyl (C=O) groups is 3. The van der Waals surface area contributed by atoms with E-state index in [4.69, 9.17) is 9.84 Å². The van der Waals surface area contributed by atoms with Gasteiger partial charge >= 0.3 is 11.9 Å². The normalized spacial score (nSPS) is 40.7. The van der Waals surface area contributed by atoms with Crippen LogP contribution in [0.25, 0.3) is 0 Å². The second-order valence-corrected chi connectivity index (χ2v) is 18.4. The van der Waals surface area contributed by atoms with Crippen molar-refractivity contribution in [3.8, 4) is 0 Å². The number of carbonyl (C=O) groups excluding carboxylic acids is 2. The van der Waals surface area contributed by atoms with E-state index >= 15 is 0 Å². The van der Waals surface area contributed by atoms with Gasteiger partial charge in [0.05, 0.1) is 5.41 Å². The summed E-state index contributed by atoms with van der Waals surface area (Å²) in [6.07, 6.45) is 17.1. The highest BCUT2D eigenvalue weighted by Crippen LogP contribution is 2.75. The van der Waals surface area contributed by atoms with Crippen LogP contribution in [0.1, 0.15) is 158 Å². The van der Waals surface area contributed by atoms with Crippen LogP contribution in [0, 0.1) is 50.2 Å². The van der Waals surface area contributed by atoms with Crippen LogP contribution in [-0.4, -0.2) is 35.6 Å². The first kappa shape index (κ1) is 35.5. The second-order valence-electron chi connectivity index (χ2n) is 18.4. The highest BCUT2D eigenvalue weighted by Gasteiger charge is 2.69. The van der Waals surface area contributed by atoms with E-state index in [2.05, 4.69) is 59.9 Å². The zero-order chi connectivity index (χ0) is 33.8. The molecule has 46 heavy (non-hydrogen) atoms. The number of unbranched alkanes of at least 4 members (excludes halogenated alkanes) is 2. The smallest absolute Gasteiger partial charge is 0.306 e. The van der Waals surface area contributed by atoms with Gasteiger partial charge in [-0.1, -0.05) is 73.5 Å². The molecule has 5 rings (SSSR count). The Hall–Kier alpha value is -1.85. The molecule has 2 N–H and O–H groups in total. The maximum absolute atomic E-state index is 14.2. The second kappa shape index (κ2) is 12.6. The molecule has 6 heteroatoms. The summed E-state index contributed by atoms with van der Waals surface area (Å²) in [4.78, 5) is 37.7. The fourth-order valence-electron chi connectivity index (χ4n) is 12.2. The minimum Gasteiger partial charge on any atom is -0.481 e. The molecule has 5 aliphatic carbocycles. The van der Waals surface area contributed by atoms with Crippen molar-refractivity contribution in [3.05, 3.63) is 11.6 Å². The van der Waals surface area contributed by atoms with Gasteiger partial charge in [-0.3, -0.25) is 14.4 Å². The molecule has 6 nitrogen and oxygen atoms in total. The van der Waals surface area contributed by atoms with Gasteiger partial charge in [0.2, 0.25) is 5.91 Å². The van der Waals surface area contributed by atoms with Gasteiger partial charge in [0.1, 0.15) is 6.10 Å². The summed E-state index contributed by atoms with van der Waals surface area (Å²) < 4.78 is 6.16. The first-order valence-electron chi connectivity index (χ1n) is 18.9. The number of nitrogens with one attached hydrogen (secondary N) is 1. The SMILES string of the molecule is CCCC(=O)O[C@H]1CC[C@]2(C)[C@H]3CC=C4[C@@H]5CC(C)(C)CC[C@]5(C(=O)NCCCCCC(=O)O)CC[C@@]4(C)[C@]3(C)CC[C@H]2C1(C)C. The van der Waals surface area contributed by atoms with E-state index in [0.717, 1.165) is 70.6 Å². The molecule has 0 spiro atoms. The lowest BCUT2D eigenvalue weighted by Gasteiger charge is -2.71. The minimum absolute atomic E-state index is 0.00490. The molecule has 8 atom stereocenters. The van der Waals surface area contributed by atoms with Crippen molar-refractivity contribution in [2.75, 3.05) is 6.54 Å². The van der Waals surface area contributed by atoms with Gasteiger partial charge in [-0.05, 0) is 123 Å². The Kier molecular flexibility index (Phi) is 9.68. The van der Waals surface area contributed by atoms with E-state index < -0.39 is 5.97 Å². The van der Waals surface area contributed by atoms with E-state index in [1.54, 1.807) is 5.57 Å². The number of rotatable bonds is 10. The van der Waals surface area contributed by atoms with Crippen LogP contribution in [0.5, 0.6) is 0 Å². The van der Waals surface area contributed by atoms with E-state index in [0.29, 0.717) is 31.2 Å². The molecule has 260 valence electrons. The molecule has 5 aliphatic rings. The summed E-state index contributed by atoms with van der Waals surface area (Å²) in [6, 6.07) is 0. The van der Waals surface area contributed by atoms with Gasteiger partial charge in [0, 0.05) is 24.8 Å². The number of carboxylic acids is 1. The summed E-state index contributed by atoms with van der Waals surface area (Å²) in [5.74, 6) is 0.825. The Bertz CT molecular complexity index is 1220. The largest absolute Gasteiger partial charge is 0.481 e. The standard InChI is InChI=1S/C40H65NO5/c1-9-13-33(44)46-31-18-19-37(6)29(36(31,4)5)17-20-39(8)30(37)16-15-27-28-26-35(2,3)21-23-40(28,24-22-38(27,39)7)34(45)41-25-12-10-11-14-32(42)43/h15,28-31H,9-14,16-26H2,1-8H3,(H,41,45)(H,42,43)/t28-,29-,30+,31-,37-,38+,39+,40-/m0/s1. The highest BCUT2D eigenvalue weighted by atomic mass is 16.5. The molecule has 0 aliphatic heterocycles. The number of esters is 1. The van der Waals surface area contributed by atoms with Crippen molar-refractivity contribution in [1.29, 1.82) is 0 Å². The zero-order valence-electron chi connectivity index (χ0n) is 30.5. The van der Waals surface area contributed by atoms with Crippen molar-refractivity contribution >= 4 is 17.8 Å². The van der Waals surface area contributed by atoms with Gasteiger partial charge in [0.15, 0.2) is 0 Å². The fraction of sp³-hybridized carbons (Fsp3) is 0.875. The van der Waals surface area contributed by atoms with Crippen LogP contribution >= 0.6 is 0 Å². The molecule has 0 aromatic carbocycles. The number of hydrogen-bond donors (Lipinski definition) is 2. The van der Waals surface area contributed by atoms with E-state index in [1.807, 2.05) is 6.92 Å². The Morgan fingerprint density at radius 2 is 1.59 bits per heavy atom. The summed E-state index contributed by atoms with van der Waals surface area (Å²) in [7, 11) is 0. The lowest BCUT2D eigenvalue weighted by atomic mass is 9.33. The van der Waals surface area contributed by atoms with Crippen molar-refractivity contribution < 1.29 is 24.2 Å². The molecule has 0 heterocycles. The third-order valence-electron chi connectivity index (χ3n) is 15.1. The molecule has 0 bridgehead atoms. The quantitative estimate of drug-likeness (QED) is 0.141. The molecule has 0 unspecified atom stereocenters. The number of allylic oxidation sites excluding steroid dienone is 2.